The van der Waals surface area contributed by atoms with Crippen molar-refractivity contribution in [1.82, 2.24) is 9.80 Å². The third kappa shape index (κ3) is 5.06. The zero-order valence-electron chi connectivity index (χ0n) is 19.9. The summed E-state index contributed by atoms with van der Waals surface area (Å²) in [7, 11) is 0. The average Bonchev–Trinajstić information content (AvgIpc) is 2.86. The molecule has 0 spiro atoms. The number of hydrogen-bond donors (Lipinski definition) is 0. The van der Waals surface area contributed by atoms with Gasteiger partial charge in [0, 0.05) is 26.1 Å². The Labute approximate surface area is 196 Å². The molecule has 2 aliphatic rings. The van der Waals surface area contributed by atoms with Crippen LogP contribution in [0.4, 0.5) is 0 Å². The molecule has 6 heteroatoms. The van der Waals surface area contributed by atoms with E-state index in [0.29, 0.717) is 51.4 Å². The van der Waals surface area contributed by atoms with Gasteiger partial charge in [-0.15, -0.1) is 0 Å². The maximum atomic E-state index is 13.0. The van der Waals surface area contributed by atoms with Crippen LogP contribution >= 0.6 is 0 Å². The molecule has 0 unspecified atom stereocenters. The first-order valence-electron chi connectivity index (χ1n) is 12.0. The highest BCUT2D eigenvalue weighted by Crippen LogP contribution is 2.38. The highest BCUT2D eigenvalue weighted by molar-refractivity contribution is 5.81. The van der Waals surface area contributed by atoms with E-state index in [0.717, 1.165) is 23.1 Å². The molecule has 0 aromatic heterocycles. The van der Waals surface area contributed by atoms with Crippen LogP contribution in [0.1, 0.15) is 55.0 Å². The number of ether oxygens (including phenoxy) is 2. The number of nitrogens with zero attached hydrogens (tertiary/aromatic N) is 2. The summed E-state index contributed by atoms with van der Waals surface area (Å²) >= 11 is 0. The molecular formula is C27H34N2O4. The number of carbonyl (C=O) groups excluding carboxylic acids is 2. The van der Waals surface area contributed by atoms with Crippen molar-refractivity contribution in [2.75, 3.05) is 32.8 Å². The lowest BCUT2D eigenvalue weighted by molar-refractivity contribution is -0.143. The van der Waals surface area contributed by atoms with Crippen molar-refractivity contribution >= 4 is 11.8 Å². The number of fused-ring (bicyclic) bond motifs is 1. The molecule has 33 heavy (non-hydrogen) atoms. The van der Waals surface area contributed by atoms with Crippen molar-refractivity contribution in [3.63, 3.8) is 0 Å². The minimum atomic E-state index is -0.532. The molecule has 176 valence electrons. The van der Waals surface area contributed by atoms with Crippen LogP contribution in [0.2, 0.25) is 0 Å². The van der Waals surface area contributed by atoms with Crippen LogP contribution in [0.15, 0.2) is 42.5 Å². The first-order valence-corrected chi connectivity index (χ1v) is 12.0. The van der Waals surface area contributed by atoms with Crippen LogP contribution in [0.5, 0.6) is 5.75 Å². The van der Waals surface area contributed by atoms with Gasteiger partial charge >= 0.3 is 0 Å². The Kier molecular flexibility index (Phi) is 7.33. The van der Waals surface area contributed by atoms with Crippen LogP contribution in [0.3, 0.4) is 0 Å². The predicted octanol–water partition coefficient (Wildman–Crippen LogP) is 3.90. The quantitative estimate of drug-likeness (QED) is 0.670. The number of aryl methyl sites for hydroxylation is 1. The highest BCUT2D eigenvalue weighted by Gasteiger charge is 2.32. The van der Waals surface area contributed by atoms with Gasteiger partial charge in [-0.05, 0) is 48.6 Å². The van der Waals surface area contributed by atoms with Gasteiger partial charge in [0.2, 0.25) is 5.91 Å². The second-order valence-electron chi connectivity index (χ2n) is 8.82. The Morgan fingerprint density at radius 1 is 1.09 bits per heavy atom. The van der Waals surface area contributed by atoms with Gasteiger partial charge in [-0.25, -0.2) is 0 Å². The van der Waals surface area contributed by atoms with Crippen molar-refractivity contribution in [3.8, 4) is 5.75 Å². The minimum Gasteiger partial charge on any atom is -0.481 e. The lowest BCUT2D eigenvalue weighted by Crippen LogP contribution is -2.47. The Hall–Kier alpha value is -2.86. The molecule has 0 radical (unpaired) electrons. The van der Waals surface area contributed by atoms with E-state index in [1.165, 1.54) is 5.56 Å². The van der Waals surface area contributed by atoms with Crippen LogP contribution in [0, 0.1) is 6.92 Å². The number of morpholine rings is 1. The molecule has 0 saturated carbocycles. The fourth-order valence-electron chi connectivity index (χ4n) is 4.80. The minimum absolute atomic E-state index is 0.0107. The van der Waals surface area contributed by atoms with Crippen molar-refractivity contribution < 1.29 is 19.1 Å². The Balaban J connectivity index is 1.65. The summed E-state index contributed by atoms with van der Waals surface area (Å²) in [6, 6.07) is 14.3. The van der Waals surface area contributed by atoms with Gasteiger partial charge in [0.05, 0.1) is 19.3 Å². The number of carbonyl (C=O) groups is 2. The highest BCUT2D eigenvalue weighted by atomic mass is 16.5. The molecule has 4 rings (SSSR count). The normalized spacial score (nSPS) is 19.1. The molecule has 0 bridgehead atoms. The molecule has 0 aliphatic carbocycles. The lowest BCUT2D eigenvalue weighted by Gasteiger charge is -2.38. The summed E-state index contributed by atoms with van der Waals surface area (Å²) in [5, 5.41) is 0. The molecular weight excluding hydrogens is 416 g/mol. The van der Waals surface area contributed by atoms with E-state index < -0.39 is 6.10 Å². The zero-order valence-corrected chi connectivity index (χ0v) is 19.9. The molecule has 2 aromatic carbocycles. The Morgan fingerprint density at radius 2 is 1.88 bits per heavy atom. The standard InChI is InChI=1S/C27H34N2O4/c1-4-24(27(31)28-13-15-32-16-14-28)33-22-10-9-20-11-12-29(25(30)5-2)26(23(20)18-22)21-8-6-7-19(3)17-21/h6-10,17-18,24,26H,4-5,11-16H2,1-3H3/t24-,26-/m0/s1. The maximum Gasteiger partial charge on any atom is 0.263 e. The van der Waals surface area contributed by atoms with Gasteiger partial charge in [-0.3, -0.25) is 9.59 Å². The van der Waals surface area contributed by atoms with Gasteiger partial charge in [0.25, 0.3) is 5.91 Å². The van der Waals surface area contributed by atoms with Crippen LogP contribution in [-0.2, 0) is 20.7 Å². The predicted molar refractivity (Wildman–Crippen MR) is 127 cm³/mol. The largest absolute Gasteiger partial charge is 0.481 e. The summed E-state index contributed by atoms with van der Waals surface area (Å²) in [6.45, 7) is 9.00. The third-order valence-electron chi connectivity index (χ3n) is 6.57. The van der Waals surface area contributed by atoms with Gasteiger partial charge < -0.3 is 19.3 Å². The van der Waals surface area contributed by atoms with E-state index in [-0.39, 0.29) is 17.9 Å². The zero-order chi connectivity index (χ0) is 23.4. The van der Waals surface area contributed by atoms with Gasteiger partial charge in [0.15, 0.2) is 6.10 Å². The molecule has 1 fully saturated rings. The molecule has 6 nitrogen and oxygen atoms in total. The number of rotatable bonds is 6. The summed E-state index contributed by atoms with van der Waals surface area (Å²) in [5.41, 5.74) is 4.57. The molecule has 1 saturated heterocycles. The lowest BCUT2D eigenvalue weighted by atomic mass is 9.87. The topological polar surface area (TPSA) is 59.1 Å². The first-order chi connectivity index (χ1) is 16.0. The van der Waals surface area contributed by atoms with Gasteiger partial charge in [-0.2, -0.15) is 0 Å². The molecule has 2 aliphatic heterocycles. The van der Waals surface area contributed by atoms with Crippen LogP contribution in [0.25, 0.3) is 0 Å². The van der Waals surface area contributed by atoms with Crippen molar-refractivity contribution in [3.05, 3.63) is 64.7 Å². The summed E-state index contributed by atoms with van der Waals surface area (Å²) < 4.78 is 11.6. The van der Waals surface area contributed by atoms with E-state index in [4.69, 9.17) is 9.47 Å². The van der Waals surface area contributed by atoms with Crippen molar-refractivity contribution in [2.24, 2.45) is 0 Å². The number of benzene rings is 2. The second-order valence-corrected chi connectivity index (χ2v) is 8.82. The van der Waals surface area contributed by atoms with Gasteiger partial charge in [-0.1, -0.05) is 49.7 Å². The average molecular weight is 451 g/mol. The molecule has 2 amide bonds. The van der Waals surface area contributed by atoms with E-state index in [1.807, 2.05) is 41.8 Å². The van der Waals surface area contributed by atoms with E-state index in [1.54, 1.807) is 0 Å². The van der Waals surface area contributed by atoms with E-state index >= 15 is 0 Å². The third-order valence-corrected chi connectivity index (χ3v) is 6.57. The van der Waals surface area contributed by atoms with E-state index in [9.17, 15) is 9.59 Å². The maximum absolute atomic E-state index is 13.0. The van der Waals surface area contributed by atoms with Crippen LogP contribution in [-0.4, -0.2) is 60.6 Å². The number of hydrogen-bond acceptors (Lipinski definition) is 4. The summed E-state index contributed by atoms with van der Waals surface area (Å²) in [4.78, 5) is 29.7. The Morgan fingerprint density at radius 3 is 2.58 bits per heavy atom. The van der Waals surface area contributed by atoms with Gasteiger partial charge in [0.1, 0.15) is 5.75 Å². The monoisotopic (exact) mass is 450 g/mol. The van der Waals surface area contributed by atoms with Crippen LogP contribution < -0.4 is 4.74 Å². The summed E-state index contributed by atoms with van der Waals surface area (Å²) in [5.74, 6) is 0.828. The molecule has 2 atom stereocenters. The SMILES string of the molecule is CCC(=O)N1CCc2ccc(O[C@@H](CC)C(=O)N3CCOCC3)cc2[C@@H]1c1cccc(C)c1. The second kappa shape index (κ2) is 10.4. The first kappa shape index (κ1) is 23.3. The molecule has 0 N–H and O–H groups in total. The Bertz CT molecular complexity index is 999. The summed E-state index contributed by atoms with van der Waals surface area (Å²) in [6.07, 6.45) is 1.35. The van der Waals surface area contributed by atoms with E-state index in [2.05, 4.69) is 31.2 Å². The smallest absolute Gasteiger partial charge is 0.263 e. The molecule has 2 aromatic rings. The fourth-order valence-corrected chi connectivity index (χ4v) is 4.80. The number of amides is 2. The van der Waals surface area contributed by atoms with Crippen molar-refractivity contribution in [1.29, 1.82) is 0 Å². The molecule has 2 heterocycles. The fraction of sp³-hybridized carbons (Fsp3) is 0.481. The van der Waals surface area contributed by atoms with Crippen molar-refractivity contribution in [2.45, 2.75) is 52.2 Å².